The maximum Gasteiger partial charge on any atom is 0.231 e. The Labute approximate surface area is 134 Å². The zero-order valence-corrected chi connectivity index (χ0v) is 13.6. The normalized spacial score (nSPS) is 21.2. The third-order valence-electron chi connectivity index (χ3n) is 4.11. The average Bonchev–Trinajstić information content (AvgIpc) is 3.11. The Balaban J connectivity index is 1.69. The highest BCUT2D eigenvalue weighted by atomic mass is 32.2. The number of rotatable bonds is 2. The number of anilines is 1. The number of benzene rings is 1. The van der Waals surface area contributed by atoms with Crippen LogP contribution in [0.3, 0.4) is 0 Å². The number of nitrogens with one attached hydrogen (secondary N) is 1. The van der Waals surface area contributed by atoms with Crippen LogP contribution in [0.15, 0.2) is 23.2 Å². The first-order chi connectivity index (χ1) is 10.5. The molecule has 0 saturated carbocycles. The summed E-state index contributed by atoms with van der Waals surface area (Å²) in [6.07, 6.45) is 0.261. The van der Waals surface area contributed by atoms with E-state index in [4.69, 9.17) is 0 Å². The fraction of sp³-hybridized carbons (Fsp3) is 0.438. The van der Waals surface area contributed by atoms with Crippen LogP contribution in [0.2, 0.25) is 0 Å². The van der Waals surface area contributed by atoms with Crippen molar-refractivity contribution in [2.24, 2.45) is 10.9 Å². The zero-order chi connectivity index (χ0) is 15.7. The number of aliphatic imine (C=N–C) groups is 1. The van der Waals surface area contributed by atoms with Gasteiger partial charge in [0.15, 0.2) is 5.17 Å². The Bertz CT molecular complexity index is 657. The highest BCUT2D eigenvalue weighted by molar-refractivity contribution is 8.14. The van der Waals surface area contributed by atoms with Crippen LogP contribution in [-0.2, 0) is 9.59 Å². The van der Waals surface area contributed by atoms with Crippen molar-refractivity contribution < 1.29 is 9.59 Å². The predicted molar refractivity (Wildman–Crippen MR) is 89.3 cm³/mol. The number of hydrogen-bond donors (Lipinski definition) is 1. The van der Waals surface area contributed by atoms with E-state index in [1.54, 1.807) is 16.7 Å². The molecule has 1 N–H and O–H groups in total. The molecule has 5 nitrogen and oxygen atoms in total. The van der Waals surface area contributed by atoms with Crippen LogP contribution < -0.4 is 10.2 Å². The minimum absolute atomic E-state index is 0.00409. The van der Waals surface area contributed by atoms with Crippen molar-refractivity contribution in [3.8, 4) is 0 Å². The minimum Gasteiger partial charge on any atom is -0.312 e. The van der Waals surface area contributed by atoms with E-state index in [0.29, 0.717) is 11.7 Å². The van der Waals surface area contributed by atoms with Gasteiger partial charge in [0.1, 0.15) is 0 Å². The van der Waals surface area contributed by atoms with Gasteiger partial charge in [-0.2, -0.15) is 0 Å². The number of hydrogen-bond acceptors (Lipinski definition) is 4. The van der Waals surface area contributed by atoms with Crippen molar-refractivity contribution in [3.63, 3.8) is 0 Å². The summed E-state index contributed by atoms with van der Waals surface area (Å²) in [6, 6.07) is 5.96. The molecule has 2 amide bonds. The maximum absolute atomic E-state index is 12.3. The van der Waals surface area contributed by atoms with E-state index in [-0.39, 0.29) is 24.2 Å². The van der Waals surface area contributed by atoms with Crippen molar-refractivity contribution in [1.29, 1.82) is 0 Å². The molecule has 1 atom stereocenters. The van der Waals surface area contributed by atoms with E-state index in [0.717, 1.165) is 23.5 Å². The summed E-state index contributed by atoms with van der Waals surface area (Å²) < 4.78 is 0. The number of carbonyl (C=O) groups excluding carboxylic acids is 2. The number of amidine groups is 1. The van der Waals surface area contributed by atoms with Crippen LogP contribution in [0.4, 0.5) is 5.69 Å². The van der Waals surface area contributed by atoms with Gasteiger partial charge >= 0.3 is 0 Å². The molecule has 116 valence electrons. The highest BCUT2D eigenvalue weighted by Gasteiger charge is 2.35. The van der Waals surface area contributed by atoms with Gasteiger partial charge in [0.25, 0.3) is 0 Å². The molecule has 2 aliphatic rings. The third kappa shape index (κ3) is 3.02. The molecule has 3 rings (SSSR count). The van der Waals surface area contributed by atoms with Gasteiger partial charge in [0, 0.05) is 24.4 Å². The molecule has 0 bridgehead atoms. The quantitative estimate of drug-likeness (QED) is 0.906. The molecule has 1 aromatic rings. The molecule has 1 fully saturated rings. The lowest BCUT2D eigenvalue weighted by Gasteiger charge is -2.18. The summed E-state index contributed by atoms with van der Waals surface area (Å²) in [5.41, 5.74) is 3.21. The second kappa shape index (κ2) is 6.12. The first-order valence-corrected chi connectivity index (χ1v) is 8.39. The summed E-state index contributed by atoms with van der Waals surface area (Å²) in [6.45, 7) is 5.25. The van der Waals surface area contributed by atoms with Crippen molar-refractivity contribution >= 4 is 34.4 Å². The first kappa shape index (κ1) is 15.1. The molecular formula is C16H19N3O2S. The molecule has 22 heavy (non-hydrogen) atoms. The monoisotopic (exact) mass is 317 g/mol. The fourth-order valence-electron chi connectivity index (χ4n) is 2.64. The van der Waals surface area contributed by atoms with E-state index < -0.39 is 0 Å². The second-order valence-corrected chi connectivity index (χ2v) is 6.78. The summed E-state index contributed by atoms with van der Waals surface area (Å²) in [5, 5.41) is 3.51. The molecule has 0 unspecified atom stereocenters. The smallest absolute Gasteiger partial charge is 0.231 e. The molecule has 0 spiro atoms. The van der Waals surface area contributed by atoms with E-state index in [2.05, 4.69) is 10.3 Å². The van der Waals surface area contributed by atoms with E-state index >= 15 is 0 Å². The van der Waals surface area contributed by atoms with Gasteiger partial charge in [-0.25, -0.2) is 0 Å². The van der Waals surface area contributed by atoms with Crippen LogP contribution in [0.5, 0.6) is 0 Å². The van der Waals surface area contributed by atoms with Crippen molar-refractivity contribution in [2.45, 2.75) is 20.3 Å². The fourth-order valence-corrected chi connectivity index (χ4v) is 3.38. The van der Waals surface area contributed by atoms with Gasteiger partial charge in [-0.3, -0.25) is 14.6 Å². The Morgan fingerprint density at radius 2 is 2.18 bits per heavy atom. The third-order valence-corrected chi connectivity index (χ3v) is 5.00. The minimum atomic E-state index is -0.307. The molecule has 0 radical (unpaired) electrons. The van der Waals surface area contributed by atoms with Crippen LogP contribution in [0.25, 0.3) is 0 Å². The van der Waals surface area contributed by atoms with Gasteiger partial charge < -0.3 is 10.2 Å². The van der Waals surface area contributed by atoms with Crippen LogP contribution in [0, 0.1) is 19.8 Å². The SMILES string of the molecule is Cc1ccc(N2C[C@@H](C(=O)NC3=NCCS3)CC2=O)cc1C. The maximum atomic E-state index is 12.3. The van der Waals surface area contributed by atoms with Gasteiger partial charge in [0.05, 0.1) is 12.5 Å². The van der Waals surface area contributed by atoms with Gasteiger partial charge in [-0.05, 0) is 37.1 Å². The number of amides is 2. The number of thioether (sulfide) groups is 1. The van der Waals surface area contributed by atoms with Gasteiger partial charge in [-0.1, -0.05) is 17.8 Å². The Morgan fingerprint density at radius 3 is 2.86 bits per heavy atom. The standard InChI is InChI=1S/C16H19N3O2S/c1-10-3-4-13(7-11(10)2)19-9-12(8-14(19)20)15(21)18-16-17-5-6-22-16/h3-4,7,12H,5-6,8-9H2,1-2H3,(H,17,18,21)/t12-/m0/s1. The molecule has 2 heterocycles. The summed E-state index contributed by atoms with van der Waals surface area (Å²) in [5.74, 6) is 0.504. The molecule has 6 heteroatoms. The Kier molecular flexibility index (Phi) is 4.20. The van der Waals surface area contributed by atoms with Crippen LogP contribution in [-0.4, -0.2) is 35.8 Å². The van der Waals surface area contributed by atoms with Crippen molar-refractivity contribution in [2.75, 3.05) is 23.7 Å². The first-order valence-electron chi connectivity index (χ1n) is 7.40. The largest absolute Gasteiger partial charge is 0.312 e. The Morgan fingerprint density at radius 1 is 1.36 bits per heavy atom. The predicted octanol–water partition coefficient (Wildman–Crippen LogP) is 1.88. The van der Waals surface area contributed by atoms with Crippen molar-refractivity contribution in [1.82, 2.24) is 5.32 Å². The van der Waals surface area contributed by atoms with E-state index in [1.165, 1.54) is 5.56 Å². The van der Waals surface area contributed by atoms with Crippen molar-refractivity contribution in [3.05, 3.63) is 29.3 Å². The number of carbonyl (C=O) groups is 2. The summed E-state index contributed by atoms with van der Waals surface area (Å²) in [4.78, 5) is 30.4. The lowest BCUT2D eigenvalue weighted by atomic mass is 10.1. The lowest BCUT2D eigenvalue weighted by molar-refractivity contribution is -0.125. The number of aryl methyl sites for hydroxylation is 2. The van der Waals surface area contributed by atoms with E-state index in [9.17, 15) is 9.59 Å². The molecule has 2 aliphatic heterocycles. The Hall–Kier alpha value is -1.82. The van der Waals surface area contributed by atoms with Gasteiger partial charge in [0.2, 0.25) is 11.8 Å². The molecule has 0 aromatic heterocycles. The van der Waals surface area contributed by atoms with Gasteiger partial charge in [-0.15, -0.1) is 0 Å². The van der Waals surface area contributed by atoms with Crippen LogP contribution >= 0.6 is 11.8 Å². The molecule has 0 aliphatic carbocycles. The summed E-state index contributed by atoms with van der Waals surface area (Å²) in [7, 11) is 0. The average molecular weight is 317 g/mol. The number of nitrogens with zero attached hydrogens (tertiary/aromatic N) is 2. The molecule has 1 saturated heterocycles. The highest BCUT2D eigenvalue weighted by Crippen LogP contribution is 2.27. The lowest BCUT2D eigenvalue weighted by Crippen LogP contribution is -2.35. The van der Waals surface area contributed by atoms with E-state index in [1.807, 2.05) is 32.0 Å². The summed E-state index contributed by atoms with van der Waals surface area (Å²) >= 11 is 1.55. The van der Waals surface area contributed by atoms with Crippen LogP contribution in [0.1, 0.15) is 17.5 Å². The molecular weight excluding hydrogens is 298 g/mol. The second-order valence-electron chi connectivity index (χ2n) is 5.70. The topological polar surface area (TPSA) is 61.8 Å². The molecule has 1 aromatic carbocycles. The zero-order valence-electron chi connectivity index (χ0n) is 12.8.